The van der Waals surface area contributed by atoms with Crippen molar-refractivity contribution in [2.75, 3.05) is 0 Å². The molecular weight excluding hydrogens is 775 g/mol. The Morgan fingerprint density at radius 1 is 0.375 bits per heavy atom. The van der Waals surface area contributed by atoms with Gasteiger partial charge in [0.05, 0.1) is 9.79 Å². The molecule has 2 rings (SSSR count). The van der Waals surface area contributed by atoms with E-state index >= 15 is 0 Å². The van der Waals surface area contributed by atoms with Gasteiger partial charge < -0.3 is 29.5 Å². The Morgan fingerprint density at radius 3 is 0.804 bits per heavy atom. The van der Waals surface area contributed by atoms with Crippen molar-refractivity contribution in [1.82, 2.24) is 0 Å². The zero-order valence-electron chi connectivity index (χ0n) is 35.2. The Balaban J connectivity index is 0. The smallest absolute Gasteiger partial charge is 0.744 e. The zero-order valence-corrected chi connectivity index (χ0v) is 40.8. The van der Waals surface area contributed by atoms with Gasteiger partial charge in [0, 0.05) is 12.1 Å². The molecule has 4 N–H and O–H groups in total. The molecule has 2 aromatic rings. The van der Waals surface area contributed by atoms with E-state index in [9.17, 15) is 46.4 Å². The number of phenols is 4. The first kappa shape index (κ1) is 57.6. The van der Waals surface area contributed by atoms with E-state index in [1.165, 1.54) is 141 Å². The van der Waals surface area contributed by atoms with Crippen molar-refractivity contribution in [3.8, 4) is 23.0 Å². The molecule has 0 fully saturated rings. The minimum Gasteiger partial charge on any atom is -0.744 e. The van der Waals surface area contributed by atoms with Crippen molar-refractivity contribution in [3.05, 3.63) is 35.4 Å². The van der Waals surface area contributed by atoms with Gasteiger partial charge in [-0.2, -0.15) is 0 Å². The second-order valence-corrected chi connectivity index (χ2v) is 17.5. The fraction of sp³-hybridized carbons (Fsp3) is 0.714. The summed E-state index contributed by atoms with van der Waals surface area (Å²) in [5, 5.41) is 39.0. The maximum atomic E-state index is 11.0. The maximum Gasteiger partial charge on any atom is 1.00 e. The third-order valence-electron chi connectivity index (χ3n) is 9.96. The summed E-state index contributed by atoms with van der Waals surface area (Å²) in [6.45, 7) is 4.48. The van der Waals surface area contributed by atoms with E-state index in [0.29, 0.717) is 24.0 Å². The van der Waals surface area contributed by atoms with Crippen LogP contribution in [0.4, 0.5) is 0 Å². The summed E-state index contributed by atoms with van der Waals surface area (Å²) in [6.07, 6.45) is 33.6. The third kappa shape index (κ3) is 27.3. The van der Waals surface area contributed by atoms with E-state index < -0.39 is 41.5 Å². The number of hydrogen-bond donors (Lipinski definition) is 4. The first-order valence-electron chi connectivity index (χ1n) is 20.7. The Labute approximate surface area is 384 Å². The van der Waals surface area contributed by atoms with Gasteiger partial charge in [-0.25, -0.2) is 16.8 Å². The normalized spacial score (nSPS) is 11.4. The van der Waals surface area contributed by atoms with Crippen LogP contribution in [0.15, 0.2) is 34.1 Å². The number of aryl methyl sites for hydroxylation is 2. The average molecular weight is 845 g/mol. The van der Waals surface area contributed by atoms with Crippen LogP contribution >= 0.6 is 0 Å². The van der Waals surface area contributed by atoms with Gasteiger partial charge in [-0.05, 0) is 48.9 Å². The van der Waals surface area contributed by atoms with Crippen LogP contribution in [0, 0.1) is 0 Å². The topological polar surface area (TPSA) is 195 Å². The van der Waals surface area contributed by atoms with E-state index in [4.69, 9.17) is 0 Å². The van der Waals surface area contributed by atoms with Crippen LogP contribution in [-0.4, -0.2) is 46.4 Å². The summed E-state index contributed by atoms with van der Waals surface area (Å²) < 4.78 is 65.9. The number of hydrogen-bond acceptors (Lipinski definition) is 10. The van der Waals surface area contributed by atoms with Crippen LogP contribution in [0.3, 0.4) is 0 Å². The summed E-state index contributed by atoms with van der Waals surface area (Å²) in [7, 11) is -9.56. The van der Waals surface area contributed by atoms with Crippen LogP contribution in [0.1, 0.15) is 192 Å². The molecule has 0 saturated carbocycles. The molecule has 0 saturated heterocycles. The fourth-order valence-corrected chi connectivity index (χ4v) is 7.81. The Bertz CT molecular complexity index is 1410. The van der Waals surface area contributed by atoms with Crippen molar-refractivity contribution in [2.45, 2.75) is 203 Å². The predicted molar refractivity (Wildman–Crippen MR) is 214 cm³/mol. The number of benzene rings is 2. The average Bonchev–Trinajstić information content (AvgIpc) is 3.10. The van der Waals surface area contributed by atoms with Crippen LogP contribution in [0.2, 0.25) is 0 Å². The first-order chi connectivity index (χ1) is 25.7. The summed E-state index contributed by atoms with van der Waals surface area (Å²) in [5.41, 5.74) is 0.950. The quantitative estimate of drug-likeness (QED) is 0.0348. The molecule has 0 radical (unpaired) electrons. The summed E-state index contributed by atoms with van der Waals surface area (Å²) in [6, 6.07) is 4.05. The van der Waals surface area contributed by atoms with Gasteiger partial charge in [0.1, 0.15) is 43.2 Å². The van der Waals surface area contributed by atoms with Crippen molar-refractivity contribution < 1.29 is 105 Å². The molecule has 0 heterocycles. The molecule has 56 heavy (non-hydrogen) atoms. The second kappa shape index (κ2) is 34.2. The van der Waals surface area contributed by atoms with E-state index in [1.54, 1.807) is 0 Å². The molecule has 0 aliphatic carbocycles. The van der Waals surface area contributed by atoms with E-state index in [1.807, 2.05) is 0 Å². The SMILES string of the molecule is CCCCCCCCCCCCCCCc1cc(O)c(S(=O)(=O)[O-])cc1O.CCCCCCCCCCCCCCCc1cc(O)c(S(=O)(=O)[O-])cc1O.[Na+].[Na+]. The molecule has 14 heteroatoms. The largest absolute Gasteiger partial charge is 1.00 e. The van der Waals surface area contributed by atoms with Crippen LogP contribution in [0.5, 0.6) is 23.0 Å². The monoisotopic (exact) mass is 844 g/mol. The Morgan fingerprint density at radius 2 is 0.589 bits per heavy atom. The predicted octanol–water partition coefficient (Wildman–Crippen LogP) is 5.28. The van der Waals surface area contributed by atoms with Gasteiger partial charge in [-0.1, -0.05) is 168 Å². The van der Waals surface area contributed by atoms with Gasteiger partial charge in [-0.15, -0.1) is 0 Å². The second-order valence-electron chi connectivity index (χ2n) is 14.8. The third-order valence-corrected chi connectivity index (χ3v) is 11.7. The molecule has 0 atom stereocenters. The van der Waals surface area contributed by atoms with E-state index in [-0.39, 0.29) is 70.6 Å². The van der Waals surface area contributed by atoms with Crippen LogP contribution in [0.25, 0.3) is 0 Å². The number of rotatable bonds is 30. The Kier molecular flexibility index (Phi) is 35.2. The van der Waals surface area contributed by atoms with Gasteiger partial charge in [0.25, 0.3) is 0 Å². The molecular formula is C42H70Na2O10S2. The Hall–Kier alpha value is -0.540. The fourth-order valence-electron chi connectivity index (χ4n) is 6.67. The molecule has 0 unspecified atom stereocenters. The minimum absolute atomic E-state index is 0. The minimum atomic E-state index is -4.78. The molecule has 10 nitrogen and oxygen atoms in total. The molecule has 0 amide bonds. The summed E-state index contributed by atoms with van der Waals surface area (Å²) in [4.78, 5) is -1.54. The molecule has 0 bridgehead atoms. The van der Waals surface area contributed by atoms with Gasteiger partial charge in [-0.3, -0.25) is 0 Å². The summed E-state index contributed by atoms with van der Waals surface area (Å²) in [5.74, 6) is -1.68. The summed E-state index contributed by atoms with van der Waals surface area (Å²) >= 11 is 0. The van der Waals surface area contributed by atoms with E-state index in [0.717, 1.165) is 50.7 Å². The maximum absolute atomic E-state index is 11.0. The molecule has 2 aromatic carbocycles. The molecule has 0 aliphatic heterocycles. The van der Waals surface area contributed by atoms with Gasteiger partial charge >= 0.3 is 59.1 Å². The standard InChI is InChI=1S/2C21H36O5S.2Na/c2*1-2-3-4-5-6-7-8-9-10-11-12-13-14-15-18-16-20(23)21(17-19(18)22)27(24,25)26;;/h2*16-17,22-23H,2-15H2,1H3,(H,24,25,26);;/q;;2*+1/p-2. The van der Waals surface area contributed by atoms with Crippen LogP contribution in [-0.2, 0) is 33.1 Å². The van der Waals surface area contributed by atoms with Gasteiger partial charge in [0.2, 0.25) is 0 Å². The van der Waals surface area contributed by atoms with Crippen LogP contribution < -0.4 is 59.1 Å². The molecule has 0 spiro atoms. The zero-order chi connectivity index (χ0) is 40.2. The van der Waals surface area contributed by atoms with Gasteiger partial charge in [0.15, 0.2) is 0 Å². The molecule has 312 valence electrons. The van der Waals surface area contributed by atoms with Crippen molar-refractivity contribution in [1.29, 1.82) is 0 Å². The molecule has 0 aromatic heterocycles. The van der Waals surface area contributed by atoms with Crippen molar-refractivity contribution in [3.63, 3.8) is 0 Å². The number of aromatic hydroxyl groups is 4. The number of phenolic OH excluding ortho intramolecular Hbond substituents is 4. The number of unbranched alkanes of at least 4 members (excludes halogenated alkanes) is 24. The van der Waals surface area contributed by atoms with E-state index in [2.05, 4.69) is 13.8 Å². The van der Waals surface area contributed by atoms with Crippen molar-refractivity contribution >= 4 is 20.2 Å². The first-order valence-corrected chi connectivity index (χ1v) is 23.5. The molecule has 0 aliphatic rings. The van der Waals surface area contributed by atoms with Crippen molar-refractivity contribution in [2.24, 2.45) is 0 Å².